The molecule has 4 rings (SSSR count). The minimum atomic E-state index is -1.14. The zero-order chi connectivity index (χ0) is 28.6. The summed E-state index contributed by atoms with van der Waals surface area (Å²) in [5.74, 6) is -3.08. The number of nitrogens with one attached hydrogen (secondary N) is 1. The third-order valence-electron chi connectivity index (χ3n) is 7.60. The van der Waals surface area contributed by atoms with E-state index in [1.165, 1.54) is 18.2 Å². The number of likely N-dealkylation sites (N-methyl/N-ethyl adjacent to an activating group) is 1. The Balaban J connectivity index is 1.52. The fourth-order valence-electron chi connectivity index (χ4n) is 5.38. The van der Waals surface area contributed by atoms with Crippen molar-refractivity contribution in [3.05, 3.63) is 63.9 Å². The van der Waals surface area contributed by atoms with Gasteiger partial charge in [-0.2, -0.15) is 0 Å². The predicted molar refractivity (Wildman–Crippen MR) is 144 cm³/mol. The molecule has 39 heavy (non-hydrogen) atoms. The van der Waals surface area contributed by atoms with Crippen molar-refractivity contribution in [3.8, 4) is 0 Å². The fourth-order valence-corrected chi connectivity index (χ4v) is 5.64. The number of carboxylic acid groups (broad SMARTS) is 1. The number of carbonyl (C=O) groups excluding carboxylic acids is 3. The molecule has 0 aromatic heterocycles. The molecule has 0 aliphatic carbocycles. The van der Waals surface area contributed by atoms with Crippen molar-refractivity contribution in [1.82, 2.24) is 15.1 Å². The van der Waals surface area contributed by atoms with Gasteiger partial charge in [0.2, 0.25) is 11.8 Å². The number of carbonyl (C=O) groups is 4. The van der Waals surface area contributed by atoms with Gasteiger partial charge in [0.15, 0.2) is 0 Å². The van der Waals surface area contributed by atoms with E-state index in [1.54, 1.807) is 42.0 Å². The highest BCUT2D eigenvalue weighted by molar-refractivity contribution is 6.33. The normalized spacial score (nSPS) is 17.6. The largest absolute Gasteiger partial charge is 0.478 e. The number of rotatable bonds is 6. The van der Waals surface area contributed by atoms with Gasteiger partial charge >= 0.3 is 5.97 Å². The number of anilines is 1. The number of benzene rings is 2. The summed E-state index contributed by atoms with van der Waals surface area (Å²) in [5, 5.41) is 12.1. The topological polar surface area (TPSA) is 110 Å². The van der Waals surface area contributed by atoms with Crippen LogP contribution in [0.1, 0.15) is 53.0 Å². The standard InChI is InChI=1S/C28H32ClFN4O5/c1-16(2)23(31-24(35)20-13-17(3)5-8-22(20)30)25(36)33-11-9-28(10-12-33)27(39)32(4)15-34(28)18-6-7-19(26(37)38)21(29)14-18/h5-8,13-14,16,23H,9-12,15H2,1-4H3,(H,31,35)(H,37,38)/t23-/m1/s1. The number of carboxylic acids is 1. The van der Waals surface area contributed by atoms with Gasteiger partial charge in [-0.15, -0.1) is 0 Å². The molecule has 9 nitrogen and oxygen atoms in total. The van der Waals surface area contributed by atoms with Crippen molar-refractivity contribution in [2.75, 3.05) is 31.7 Å². The van der Waals surface area contributed by atoms with Gasteiger partial charge in [0.1, 0.15) is 17.4 Å². The van der Waals surface area contributed by atoms with E-state index >= 15 is 0 Å². The van der Waals surface area contributed by atoms with Gasteiger partial charge in [0, 0.05) is 25.8 Å². The number of likely N-dealkylation sites (tertiary alicyclic amines) is 1. The molecular formula is C28H32ClFN4O5. The molecule has 1 spiro atoms. The highest BCUT2D eigenvalue weighted by atomic mass is 35.5. The summed E-state index contributed by atoms with van der Waals surface area (Å²) in [6.07, 6.45) is 0.678. The average molecular weight is 559 g/mol. The minimum Gasteiger partial charge on any atom is -0.478 e. The van der Waals surface area contributed by atoms with Crippen LogP contribution in [0.2, 0.25) is 5.02 Å². The molecule has 3 amide bonds. The summed E-state index contributed by atoms with van der Waals surface area (Å²) in [6, 6.07) is 7.98. The van der Waals surface area contributed by atoms with E-state index in [0.29, 0.717) is 25.2 Å². The molecule has 1 atom stereocenters. The number of halogens is 2. The summed E-state index contributed by atoms with van der Waals surface area (Å²) in [7, 11) is 1.70. The third-order valence-corrected chi connectivity index (χ3v) is 7.91. The lowest BCUT2D eigenvalue weighted by atomic mass is 9.85. The minimum absolute atomic E-state index is 0.0268. The van der Waals surface area contributed by atoms with Gasteiger partial charge in [0.25, 0.3) is 5.91 Å². The Hall–Kier alpha value is -3.66. The van der Waals surface area contributed by atoms with Crippen LogP contribution < -0.4 is 10.2 Å². The Bertz CT molecular complexity index is 1330. The zero-order valence-corrected chi connectivity index (χ0v) is 23.1. The highest BCUT2D eigenvalue weighted by Gasteiger charge is 2.53. The predicted octanol–water partition coefficient (Wildman–Crippen LogP) is 3.54. The molecule has 2 heterocycles. The first-order valence-electron chi connectivity index (χ1n) is 12.8. The maximum Gasteiger partial charge on any atom is 0.337 e. The van der Waals surface area contributed by atoms with Crippen molar-refractivity contribution >= 4 is 41.0 Å². The zero-order valence-electron chi connectivity index (χ0n) is 22.3. The van der Waals surface area contributed by atoms with Crippen LogP contribution in [-0.4, -0.2) is 77.0 Å². The molecule has 0 unspecified atom stereocenters. The smallest absolute Gasteiger partial charge is 0.337 e. The van der Waals surface area contributed by atoms with E-state index in [2.05, 4.69) is 5.32 Å². The van der Waals surface area contributed by atoms with E-state index < -0.39 is 29.3 Å². The Morgan fingerprint density at radius 3 is 2.33 bits per heavy atom. The molecule has 2 fully saturated rings. The summed E-state index contributed by atoms with van der Waals surface area (Å²) in [5.41, 5.74) is 0.288. The summed E-state index contributed by atoms with van der Waals surface area (Å²) in [6.45, 7) is 6.21. The van der Waals surface area contributed by atoms with E-state index in [0.717, 1.165) is 5.56 Å². The van der Waals surface area contributed by atoms with E-state index in [1.807, 2.05) is 18.7 Å². The van der Waals surface area contributed by atoms with Gasteiger partial charge in [-0.25, -0.2) is 9.18 Å². The molecule has 0 saturated carbocycles. The molecular weight excluding hydrogens is 527 g/mol. The van der Waals surface area contributed by atoms with Crippen molar-refractivity contribution in [1.29, 1.82) is 0 Å². The molecule has 2 saturated heterocycles. The third kappa shape index (κ3) is 5.30. The van der Waals surface area contributed by atoms with E-state index in [4.69, 9.17) is 11.6 Å². The molecule has 2 aliphatic rings. The summed E-state index contributed by atoms with van der Waals surface area (Å²) in [4.78, 5) is 56.3. The van der Waals surface area contributed by atoms with Crippen LogP contribution in [0.4, 0.5) is 10.1 Å². The lowest BCUT2D eigenvalue weighted by molar-refractivity contribution is -0.139. The molecule has 2 aromatic carbocycles. The molecule has 11 heteroatoms. The van der Waals surface area contributed by atoms with Crippen LogP contribution in [-0.2, 0) is 9.59 Å². The number of hydrogen-bond acceptors (Lipinski definition) is 5. The number of aromatic carboxylic acids is 1. The van der Waals surface area contributed by atoms with Crippen LogP contribution in [0.25, 0.3) is 0 Å². The van der Waals surface area contributed by atoms with E-state index in [9.17, 15) is 28.7 Å². The SMILES string of the molecule is Cc1ccc(F)c(C(=O)N[C@@H](C(=O)N2CCC3(CC2)C(=O)N(C)CN3c2ccc(C(=O)O)c(Cl)c2)C(C)C)c1. The Labute approximate surface area is 231 Å². The molecule has 0 radical (unpaired) electrons. The van der Waals surface area contributed by atoms with Crippen molar-refractivity contribution in [3.63, 3.8) is 0 Å². The van der Waals surface area contributed by atoms with Gasteiger partial charge < -0.3 is 25.1 Å². The van der Waals surface area contributed by atoms with Crippen molar-refractivity contribution < 1.29 is 28.7 Å². The number of nitrogens with zero attached hydrogens (tertiary/aromatic N) is 3. The number of aryl methyl sites for hydroxylation is 1. The van der Waals surface area contributed by atoms with Crippen LogP contribution in [0.5, 0.6) is 0 Å². The Morgan fingerprint density at radius 1 is 1.08 bits per heavy atom. The lowest BCUT2D eigenvalue weighted by Gasteiger charge is -2.44. The van der Waals surface area contributed by atoms with Gasteiger partial charge in [-0.1, -0.05) is 37.1 Å². The molecule has 2 N–H and O–H groups in total. The first kappa shape index (κ1) is 28.4. The quantitative estimate of drug-likeness (QED) is 0.561. The lowest BCUT2D eigenvalue weighted by Crippen LogP contribution is -2.60. The molecule has 0 bridgehead atoms. The number of hydrogen-bond donors (Lipinski definition) is 2. The van der Waals surface area contributed by atoms with Gasteiger partial charge in [0.05, 0.1) is 22.8 Å². The molecule has 2 aromatic rings. The van der Waals surface area contributed by atoms with Crippen molar-refractivity contribution in [2.45, 2.75) is 45.2 Å². The number of amides is 3. The maximum atomic E-state index is 14.3. The van der Waals surface area contributed by atoms with Crippen LogP contribution in [0, 0.1) is 18.7 Å². The van der Waals surface area contributed by atoms with E-state index in [-0.39, 0.29) is 47.0 Å². The van der Waals surface area contributed by atoms with Crippen molar-refractivity contribution in [2.24, 2.45) is 5.92 Å². The summed E-state index contributed by atoms with van der Waals surface area (Å²) >= 11 is 6.22. The highest BCUT2D eigenvalue weighted by Crippen LogP contribution is 2.40. The molecule has 2 aliphatic heterocycles. The second-order valence-corrected chi connectivity index (χ2v) is 11.0. The maximum absolute atomic E-state index is 14.3. The Kier molecular flexibility index (Phi) is 7.88. The second kappa shape index (κ2) is 10.8. The van der Waals surface area contributed by atoms with Crippen LogP contribution in [0.15, 0.2) is 36.4 Å². The number of piperidine rings is 1. The van der Waals surface area contributed by atoms with Gasteiger partial charge in [-0.05, 0) is 56.0 Å². The fraction of sp³-hybridized carbons (Fsp3) is 0.429. The first-order valence-corrected chi connectivity index (χ1v) is 13.2. The van der Waals surface area contributed by atoms with Gasteiger partial charge in [-0.3, -0.25) is 14.4 Å². The van der Waals surface area contributed by atoms with Crippen LogP contribution in [0.3, 0.4) is 0 Å². The monoisotopic (exact) mass is 558 g/mol. The summed E-state index contributed by atoms with van der Waals surface area (Å²) < 4.78 is 14.3. The first-order chi connectivity index (χ1) is 18.4. The Morgan fingerprint density at radius 2 is 1.74 bits per heavy atom. The average Bonchev–Trinajstić information content (AvgIpc) is 3.13. The second-order valence-electron chi connectivity index (χ2n) is 10.6. The van der Waals surface area contributed by atoms with Crippen LogP contribution >= 0.6 is 11.6 Å². The molecule has 208 valence electrons.